The number of ether oxygens (including phenoxy) is 2. The van der Waals surface area contributed by atoms with E-state index in [9.17, 15) is 9.59 Å². The average Bonchev–Trinajstić information content (AvgIpc) is 3.12. The first-order chi connectivity index (χ1) is 10.1. The van der Waals surface area contributed by atoms with Gasteiger partial charge >= 0.3 is 11.9 Å². The van der Waals surface area contributed by atoms with E-state index in [0.29, 0.717) is 17.1 Å². The lowest BCUT2D eigenvalue weighted by Gasteiger charge is -2.00. The molecule has 9 nitrogen and oxygen atoms in total. The van der Waals surface area contributed by atoms with E-state index in [0.717, 1.165) is 11.3 Å². The summed E-state index contributed by atoms with van der Waals surface area (Å²) in [5, 5.41) is 14.0. The highest BCUT2D eigenvalue weighted by molar-refractivity contribution is 7.11. The van der Waals surface area contributed by atoms with Crippen molar-refractivity contribution < 1.29 is 28.7 Å². The van der Waals surface area contributed by atoms with Gasteiger partial charge in [0, 0.05) is 18.0 Å². The largest absolute Gasteiger partial charge is 0.456 e. The van der Waals surface area contributed by atoms with Gasteiger partial charge in [0.15, 0.2) is 5.76 Å². The fraction of sp³-hybridized carbons (Fsp3) is 0.273. The Bertz CT molecular complexity index is 637. The van der Waals surface area contributed by atoms with E-state index in [4.69, 9.17) is 20.1 Å². The Labute approximate surface area is 122 Å². The molecule has 21 heavy (non-hydrogen) atoms. The topological polar surface area (TPSA) is 138 Å². The van der Waals surface area contributed by atoms with Crippen LogP contribution in [-0.4, -0.2) is 40.3 Å². The third-order valence-electron chi connectivity index (χ3n) is 2.15. The van der Waals surface area contributed by atoms with Crippen LogP contribution in [0.2, 0.25) is 0 Å². The molecule has 0 unspecified atom stereocenters. The summed E-state index contributed by atoms with van der Waals surface area (Å²) in [5.41, 5.74) is 5.85. The van der Waals surface area contributed by atoms with E-state index in [-0.39, 0.29) is 25.0 Å². The van der Waals surface area contributed by atoms with Gasteiger partial charge in [0.1, 0.15) is 18.0 Å². The van der Waals surface area contributed by atoms with Gasteiger partial charge in [-0.25, -0.2) is 9.59 Å². The number of aromatic nitrogens is 2. The molecule has 0 aromatic carbocycles. The minimum Gasteiger partial charge on any atom is -0.456 e. The zero-order chi connectivity index (χ0) is 15.2. The number of thiazole rings is 1. The molecule has 2 heterocycles. The Morgan fingerprint density at radius 2 is 2.24 bits per heavy atom. The third-order valence-corrected chi connectivity index (χ3v) is 2.87. The predicted octanol–water partition coefficient (Wildman–Crippen LogP) is -0.302. The first-order valence-corrected chi connectivity index (χ1v) is 6.63. The number of nitrogens with zero attached hydrogens (tertiary/aromatic N) is 2. The molecular weight excluding hydrogens is 302 g/mol. The number of carbonyl (C=O) groups is 2. The summed E-state index contributed by atoms with van der Waals surface area (Å²) >= 11 is 0.994. The lowest BCUT2D eigenvalue weighted by molar-refractivity contribution is -0.162. The fourth-order valence-electron chi connectivity index (χ4n) is 1.26. The molecule has 0 saturated carbocycles. The number of hydrogen-bond donors (Lipinski definition) is 2. The summed E-state index contributed by atoms with van der Waals surface area (Å²) in [7, 11) is 0. The molecule has 2 aromatic rings. The number of rotatable bonds is 5. The van der Waals surface area contributed by atoms with Crippen molar-refractivity contribution in [3.8, 4) is 16.6 Å². The average molecular weight is 313 g/mol. The summed E-state index contributed by atoms with van der Waals surface area (Å²) < 4.78 is 14.2. The molecule has 0 atom stereocenters. The molecule has 3 N–H and O–H groups in total. The molecule has 10 heteroatoms. The maximum absolute atomic E-state index is 11.4. The Morgan fingerprint density at radius 1 is 1.43 bits per heavy atom. The molecule has 0 radical (unpaired) electrons. The van der Waals surface area contributed by atoms with Crippen molar-refractivity contribution in [1.82, 2.24) is 10.1 Å². The Kier molecular flexibility index (Phi) is 4.98. The van der Waals surface area contributed by atoms with Gasteiger partial charge in [-0.2, -0.15) is 4.98 Å². The van der Waals surface area contributed by atoms with E-state index in [1.165, 1.54) is 6.07 Å². The zero-order valence-electron chi connectivity index (χ0n) is 10.6. The number of esters is 2. The molecule has 0 aliphatic heterocycles. The van der Waals surface area contributed by atoms with Gasteiger partial charge in [-0.3, -0.25) is 0 Å². The maximum Gasteiger partial charge on any atom is 0.424 e. The zero-order valence-corrected chi connectivity index (χ0v) is 11.5. The van der Waals surface area contributed by atoms with Crippen LogP contribution >= 0.6 is 11.3 Å². The monoisotopic (exact) mass is 313 g/mol. The van der Waals surface area contributed by atoms with Crippen molar-refractivity contribution in [2.24, 2.45) is 5.73 Å². The smallest absolute Gasteiger partial charge is 0.424 e. The summed E-state index contributed by atoms with van der Waals surface area (Å²) in [6, 6.07) is 1.50. The molecule has 0 saturated heterocycles. The molecular formula is C11H11N3O6S. The number of nitrogens with two attached hydrogens (primary N) is 1. The van der Waals surface area contributed by atoms with Gasteiger partial charge in [0.05, 0.1) is 6.61 Å². The van der Waals surface area contributed by atoms with Gasteiger partial charge in [-0.1, -0.05) is 16.5 Å². The number of carbonyl (C=O) groups excluding carboxylic acids is 2. The van der Waals surface area contributed by atoms with Gasteiger partial charge < -0.3 is 24.8 Å². The van der Waals surface area contributed by atoms with Crippen LogP contribution in [0.4, 0.5) is 0 Å². The number of aliphatic hydroxyl groups excluding tert-OH is 1. The quantitative estimate of drug-likeness (QED) is 0.562. The van der Waals surface area contributed by atoms with Crippen LogP contribution in [0.5, 0.6) is 5.19 Å². The molecule has 112 valence electrons. The van der Waals surface area contributed by atoms with Crippen molar-refractivity contribution >= 4 is 23.3 Å². The minimum absolute atomic E-state index is 0.0401. The van der Waals surface area contributed by atoms with Crippen LogP contribution in [0.25, 0.3) is 11.5 Å². The molecule has 0 amide bonds. The summed E-state index contributed by atoms with van der Waals surface area (Å²) in [4.78, 5) is 26.5. The highest BCUT2D eigenvalue weighted by Gasteiger charge is 2.20. The van der Waals surface area contributed by atoms with Crippen LogP contribution in [0.3, 0.4) is 0 Å². The molecule has 0 spiro atoms. The summed E-state index contributed by atoms with van der Waals surface area (Å²) in [5.74, 6) is -2.01. The normalized spacial score (nSPS) is 10.4. The van der Waals surface area contributed by atoms with E-state index in [1.807, 2.05) is 0 Å². The second-order valence-corrected chi connectivity index (χ2v) is 4.47. The fourth-order valence-corrected chi connectivity index (χ4v) is 1.91. The van der Waals surface area contributed by atoms with E-state index < -0.39 is 11.9 Å². The summed E-state index contributed by atoms with van der Waals surface area (Å²) in [6.07, 6.45) is 0. The Morgan fingerprint density at radius 3 is 2.90 bits per heavy atom. The van der Waals surface area contributed by atoms with Crippen LogP contribution in [-0.2, 0) is 20.9 Å². The third kappa shape index (κ3) is 3.84. The summed E-state index contributed by atoms with van der Waals surface area (Å²) in [6.45, 7) is -0.222. The van der Waals surface area contributed by atoms with Crippen LogP contribution in [0, 0.1) is 0 Å². The van der Waals surface area contributed by atoms with Crippen molar-refractivity contribution in [2.45, 2.75) is 6.61 Å². The first-order valence-electron chi connectivity index (χ1n) is 5.75. The first kappa shape index (κ1) is 15.1. The standard InChI is InChI=1S/C11H11N3O6S/c12-1-2-18-9(16)10(17)19-11-13-7(5-21-11)8-3-6(4-15)14-20-8/h3,5,15H,1-2,4,12H2. The van der Waals surface area contributed by atoms with Crippen molar-refractivity contribution in [3.05, 3.63) is 17.1 Å². The van der Waals surface area contributed by atoms with Gasteiger partial charge in [-0.15, -0.1) is 0 Å². The molecule has 0 bridgehead atoms. The van der Waals surface area contributed by atoms with Crippen LogP contribution in [0.15, 0.2) is 16.0 Å². The van der Waals surface area contributed by atoms with Gasteiger partial charge in [0.2, 0.25) is 0 Å². The Hall–Kier alpha value is -2.30. The molecule has 2 rings (SSSR count). The maximum atomic E-state index is 11.4. The SMILES string of the molecule is NCCOC(=O)C(=O)Oc1nc(-c2cc(CO)no2)cs1. The molecule has 2 aromatic heterocycles. The van der Waals surface area contributed by atoms with Crippen molar-refractivity contribution in [2.75, 3.05) is 13.2 Å². The van der Waals surface area contributed by atoms with E-state index in [1.54, 1.807) is 5.38 Å². The van der Waals surface area contributed by atoms with E-state index in [2.05, 4.69) is 14.9 Å². The second kappa shape index (κ2) is 6.92. The lowest BCUT2D eigenvalue weighted by Crippen LogP contribution is -2.25. The van der Waals surface area contributed by atoms with Crippen molar-refractivity contribution in [3.63, 3.8) is 0 Å². The number of aliphatic hydroxyl groups is 1. The predicted molar refractivity (Wildman–Crippen MR) is 69.2 cm³/mol. The van der Waals surface area contributed by atoms with Gasteiger partial charge in [0.25, 0.3) is 5.19 Å². The van der Waals surface area contributed by atoms with Crippen LogP contribution in [0.1, 0.15) is 5.69 Å². The molecule has 0 aliphatic carbocycles. The minimum atomic E-state index is -1.18. The number of hydrogen-bond acceptors (Lipinski definition) is 10. The van der Waals surface area contributed by atoms with Crippen molar-refractivity contribution in [1.29, 1.82) is 0 Å². The molecule has 0 aliphatic rings. The van der Waals surface area contributed by atoms with Gasteiger partial charge in [-0.05, 0) is 0 Å². The Balaban J connectivity index is 2.00. The van der Waals surface area contributed by atoms with Crippen LogP contribution < -0.4 is 10.5 Å². The highest BCUT2D eigenvalue weighted by Crippen LogP contribution is 2.27. The molecule has 0 fully saturated rings. The lowest BCUT2D eigenvalue weighted by atomic mass is 10.3. The van der Waals surface area contributed by atoms with E-state index >= 15 is 0 Å². The highest BCUT2D eigenvalue weighted by atomic mass is 32.1. The second-order valence-electron chi connectivity index (χ2n) is 3.65.